The second-order valence-electron chi connectivity index (χ2n) is 6.88. The molecule has 3 rings (SSSR count). The number of hydrogen-bond donors (Lipinski definition) is 2. The molecule has 1 heterocycles. The zero-order chi connectivity index (χ0) is 20.8. The van der Waals surface area contributed by atoms with E-state index in [0.29, 0.717) is 11.3 Å². The van der Waals surface area contributed by atoms with Crippen molar-refractivity contribution in [2.45, 2.75) is 27.4 Å². The third kappa shape index (κ3) is 5.25. The Morgan fingerprint density at radius 1 is 1.00 bits per heavy atom. The SMILES string of the molecule is Cc1cc(C)c(NC(=O)CNC(=O)c2occc2COc2ccccc2)c(C)c1. The largest absolute Gasteiger partial charge is 0.489 e. The summed E-state index contributed by atoms with van der Waals surface area (Å²) >= 11 is 0. The van der Waals surface area contributed by atoms with E-state index < -0.39 is 5.91 Å². The molecule has 2 amide bonds. The van der Waals surface area contributed by atoms with Gasteiger partial charge in [0.15, 0.2) is 5.76 Å². The average molecular weight is 392 g/mol. The zero-order valence-corrected chi connectivity index (χ0v) is 16.7. The van der Waals surface area contributed by atoms with Gasteiger partial charge in [0.1, 0.15) is 12.4 Å². The summed E-state index contributed by atoms with van der Waals surface area (Å²) in [5, 5.41) is 5.45. The lowest BCUT2D eigenvalue weighted by atomic mass is 10.1. The van der Waals surface area contributed by atoms with Gasteiger partial charge in [-0.1, -0.05) is 35.9 Å². The van der Waals surface area contributed by atoms with Gasteiger partial charge in [-0.25, -0.2) is 0 Å². The van der Waals surface area contributed by atoms with Gasteiger partial charge in [0, 0.05) is 11.3 Å². The van der Waals surface area contributed by atoms with E-state index in [0.717, 1.165) is 22.4 Å². The number of anilines is 1. The molecule has 0 radical (unpaired) electrons. The Kier molecular flexibility index (Phi) is 6.34. The fourth-order valence-electron chi connectivity index (χ4n) is 3.13. The summed E-state index contributed by atoms with van der Waals surface area (Å²) in [7, 11) is 0. The molecule has 2 aromatic carbocycles. The summed E-state index contributed by atoms with van der Waals surface area (Å²) in [5.41, 5.74) is 4.47. The summed E-state index contributed by atoms with van der Waals surface area (Å²) in [6.07, 6.45) is 1.43. The van der Waals surface area contributed by atoms with E-state index in [1.165, 1.54) is 6.26 Å². The second-order valence-corrected chi connectivity index (χ2v) is 6.88. The van der Waals surface area contributed by atoms with Crippen molar-refractivity contribution in [1.82, 2.24) is 5.32 Å². The minimum atomic E-state index is -0.464. The monoisotopic (exact) mass is 392 g/mol. The number of carbonyl (C=O) groups excluding carboxylic acids is 2. The lowest BCUT2D eigenvalue weighted by Crippen LogP contribution is -2.33. The molecule has 29 heavy (non-hydrogen) atoms. The van der Waals surface area contributed by atoms with Gasteiger partial charge in [-0.3, -0.25) is 9.59 Å². The summed E-state index contributed by atoms with van der Waals surface area (Å²) in [4.78, 5) is 24.7. The molecule has 6 nitrogen and oxygen atoms in total. The van der Waals surface area contributed by atoms with Gasteiger partial charge < -0.3 is 19.8 Å². The topological polar surface area (TPSA) is 80.6 Å². The number of hydrogen-bond acceptors (Lipinski definition) is 4. The molecule has 0 unspecified atom stereocenters. The van der Waals surface area contributed by atoms with Gasteiger partial charge in [0.2, 0.25) is 5.91 Å². The summed E-state index contributed by atoms with van der Waals surface area (Å²) in [6, 6.07) is 15.0. The van der Waals surface area contributed by atoms with Crippen LogP contribution in [0.15, 0.2) is 59.2 Å². The van der Waals surface area contributed by atoms with Crippen molar-refractivity contribution in [3.8, 4) is 5.75 Å². The highest BCUT2D eigenvalue weighted by atomic mass is 16.5. The third-order valence-corrected chi connectivity index (χ3v) is 4.44. The molecule has 3 aromatic rings. The van der Waals surface area contributed by atoms with Crippen LogP contribution in [0.25, 0.3) is 0 Å². The maximum Gasteiger partial charge on any atom is 0.287 e. The smallest absolute Gasteiger partial charge is 0.287 e. The van der Waals surface area contributed by atoms with Crippen molar-refractivity contribution in [3.05, 3.63) is 82.8 Å². The number of carbonyl (C=O) groups is 2. The normalized spacial score (nSPS) is 10.4. The molecule has 0 aliphatic heterocycles. The molecule has 6 heteroatoms. The van der Waals surface area contributed by atoms with E-state index in [2.05, 4.69) is 10.6 Å². The quantitative estimate of drug-likeness (QED) is 0.633. The Hall–Kier alpha value is -3.54. The fraction of sp³-hybridized carbons (Fsp3) is 0.217. The second kappa shape index (κ2) is 9.10. The van der Waals surface area contributed by atoms with E-state index >= 15 is 0 Å². The van der Waals surface area contributed by atoms with Crippen molar-refractivity contribution >= 4 is 17.5 Å². The molecule has 0 atom stereocenters. The van der Waals surface area contributed by atoms with Crippen LogP contribution in [-0.4, -0.2) is 18.4 Å². The lowest BCUT2D eigenvalue weighted by molar-refractivity contribution is -0.115. The predicted molar refractivity (Wildman–Crippen MR) is 111 cm³/mol. The van der Waals surface area contributed by atoms with Gasteiger partial charge in [0.25, 0.3) is 5.91 Å². The number of ether oxygens (including phenoxy) is 1. The first-order chi connectivity index (χ1) is 13.9. The van der Waals surface area contributed by atoms with Gasteiger partial charge in [-0.05, 0) is 50.1 Å². The predicted octanol–water partition coefficient (Wildman–Crippen LogP) is 4.15. The average Bonchev–Trinajstić information content (AvgIpc) is 3.17. The number of nitrogens with one attached hydrogen (secondary N) is 2. The van der Waals surface area contributed by atoms with E-state index in [4.69, 9.17) is 9.15 Å². The number of rotatable bonds is 7. The minimum Gasteiger partial charge on any atom is -0.489 e. The third-order valence-electron chi connectivity index (χ3n) is 4.44. The Bertz CT molecular complexity index is 986. The highest BCUT2D eigenvalue weighted by Crippen LogP contribution is 2.21. The van der Waals surface area contributed by atoms with Crippen LogP contribution in [0.4, 0.5) is 5.69 Å². The highest BCUT2D eigenvalue weighted by Gasteiger charge is 2.17. The van der Waals surface area contributed by atoms with Crippen LogP contribution in [0.3, 0.4) is 0 Å². The Balaban J connectivity index is 1.56. The molecule has 0 saturated carbocycles. The standard InChI is InChI=1S/C23H24N2O4/c1-15-11-16(2)21(17(3)12-15)25-20(26)13-24-23(27)22-18(9-10-28-22)14-29-19-7-5-4-6-8-19/h4-12H,13-14H2,1-3H3,(H,24,27)(H,25,26). The van der Waals surface area contributed by atoms with Crippen LogP contribution in [0.5, 0.6) is 5.75 Å². The molecule has 0 bridgehead atoms. The molecule has 0 saturated heterocycles. The van der Waals surface area contributed by atoms with Crippen LogP contribution in [0.1, 0.15) is 32.8 Å². The Labute approximate surface area is 169 Å². The van der Waals surface area contributed by atoms with Crippen LogP contribution >= 0.6 is 0 Å². The summed E-state index contributed by atoms with van der Waals surface area (Å²) in [5.74, 6) is 0.0657. The van der Waals surface area contributed by atoms with E-state index in [1.807, 2.05) is 63.2 Å². The molecule has 0 aliphatic rings. The van der Waals surface area contributed by atoms with Crippen molar-refractivity contribution in [1.29, 1.82) is 0 Å². The summed E-state index contributed by atoms with van der Waals surface area (Å²) < 4.78 is 11.0. The Morgan fingerprint density at radius 3 is 2.38 bits per heavy atom. The van der Waals surface area contributed by atoms with Crippen LogP contribution in [0.2, 0.25) is 0 Å². The molecular weight excluding hydrogens is 368 g/mol. The molecule has 1 aromatic heterocycles. The highest BCUT2D eigenvalue weighted by molar-refractivity contribution is 5.99. The van der Waals surface area contributed by atoms with Crippen molar-refractivity contribution in [2.75, 3.05) is 11.9 Å². The summed E-state index contributed by atoms with van der Waals surface area (Å²) in [6.45, 7) is 5.92. The molecular formula is C23H24N2O4. The Morgan fingerprint density at radius 2 is 1.69 bits per heavy atom. The molecule has 150 valence electrons. The number of benzene rings is 2. The van der Waals surface area contributed by atoms with Crippen molar-refractivity contribution in [2.24, 2.45) is 0 Å². The van der Waals surface area contributed by atoms with Gasteiger partial charge >= 0.3 is 0 Å². The van der Waals surface area contributed by atoms with Gasteiger partial charge in [0.05, 0.1) is 12.8 Å². The molecule has 0 fully saturated rings. The number of para-hydroxylation sites is 1. The first kappa shape index (κ1) is 20.2. The lowest BCUT2D eigenvalue weighted by Gasteiger charge is -2.13. The van der Waals surface area contributed by atoms with Gasteiger partial charge in [-0.2, -0.15) is 0 Å². The van der Waals surface area contributed by atoms with E-state index in [-0.39, 0.29) is 24.8 Å². The first-order valence-electron chi connectivity index (χ1n) is 9.34. The van der Waals surface area contributed by atoms with E-state index in [1.54, 1.807) is 6.07 Å². The van der Waals surface area contributed by atoms with Crippen LogP contribution < -0.4 is 15.4 Å². The fourth-order valence-corrected chi connectivity index (χ4v) is 3.13. The van der Waals surface area contributed by atoms with E-state index in [9.17, 15) is 9.59 Å². The van der Waals surface area contributed by atoms with Crippen LogP contribution in [-0.2, 0) is 11.4 Å². The zero-order valence-electron chi connectivity index (χ0n) is 16.7. The number of amides is 2. The molecule has 0 aliphatic carbocycles. The number of aryl methyl sites for hydroxylation is 3. The minimum absolute atomic E-state index is 0.136. The van der Waals surface area contributed by atoms with Gasteiger partial charge in [-0.15, -0.1) is 0 Å². The maximum absolute atomic E-state index is 12.4. The molecule has 0 spiro atoms. The van der Waals surface area contributed by atoms with Crippen molar-refractivity contribution in [3.63, 3.8) is 0 Å². The number of furan rings is 1. The maximum atomic E-state index is 12.4. The van der Waals surface area contributed by atoms with Crippen molar-refractivity contribution < 1.29 is 18.7 Å². The first-order valence-corrected chi connectivity index (χ1v) is 9.34. The molecule has 2 N–H and O–H groups in total. The van der Waals surface area contributed by atoms with Crippen LogP contribution in [0, 0.1) is 20.8 Å².